The molecule has 0 spiro atoms. The van der Waals surface area contributed by atoms with Gasteiger partial charge >= 0.3 is 5.97 Å². The molecule has 0 aliphatic carbocycles. The van der Waals surface area contributed by atoms with Crippen LogP contribution in [0.5, 0.6) is 0 Å². The van der Waals surface area contributed by atoms with Crippen LogP contribution in [0.3, 0.4) is 0 Å². The molecule has 7 heteroatoms. The Morgan fingerprint density at radius 1 is 1.53 bits per heavy atom. The summed E-state index contributed by atoms with van der Waals surface area (Å²) in [5.41, 5.74) is 0. The molecule has 1 aliphatic heterocycles. The lowest BCUT2D eigenvalue weighted by Gasteiger charge is -2.14. The number of carbonyl (C=O) groups is 3. The van der Waals surface area contributed by atoms with Crippen molar-refractivity contribution in [1.82, 2.24) is 10.2 Å². The number of amides is 2. The molecule has 2 amide bonds. The van der Waals surface area contributed by atoms with E-state index in [1.807, 2.05) is 0 Å². The van der Waals surface area contributed by atoms with Gasteiger partial charge in [-0.2, -0.15) is 0 Å². The fourth-order valence-corrected chi connectivity index (χ4v) is 2.00. The smallest absolute Gasteiger partial charge is 0.322 e. The van der Waals surface area contributed by atoms with Crippen LogP contribution in [-0.2, 0) is 20.9 Å². The van der Waals surface area contributed by atoms with Gasteiger partial charge in [0.1, 0.15) is 12.3 Å². The van der Waals surface area contributed by atoms with Gasteiger partial charge in [0.2, 0.25) is 11.8 Å². The van der Waals surface area contributed by atoms with Gasteiger partial charge in [0.25, 0.3) is 0 Å². The van der Waals surface area contributed by atoms with Gasteiger partial charge in [-0.25, -0.2) is 0 Å². The van der Waals surface area contributed by atoms with Crippen molar-refractivity contribution in [2.45, 2.75) is 13.0 Å². The Bertz CT molecular complexity index is 482. The fraction of sp³-hybridized carbons (Fsp3) is 0.417. The van der Waals surface area contributed by atoms with E-state index in [0.717, 1.165) is 0 Å². The third-order valence-electron chi connectivity index (χ3n) is 2.93. The van der Waals surface area contributed by atoms with E-state index in [9.17, 15) is 14.4 Å². The number of hydrogen-bond donors (Lipinski definition) is 2. The standard InChI is InChI=1S/C12H14N2O5/c15-10-4-8(12(18)13-5-11(16)17)6-14(10)7-9-2-1-3-19-9/h1-3,8H,4-7H2,(H,13,18)(H,16,17). The van der Waals surface area contributed by atoms with Crippen LogP contribution >= 0.6 is 0 Å². The number of hydrogen-bond acceptors (Lipinski definition) is 4. The van der Waals surface area contributed by atoms with Gasteiger partial charge in [-0.15, -0.1) is 0 Å². The lowest BCUT2D eigenvalue weighted by molar-refractivity contribution is -0.138. The average molecular weight is 266 g/mol. The van der Waals surface area contributed by atoms with Crippen LogP contribution in [-0.4, -0.2) is 40.9 Å². The zero-order valence-corrected chi connectivity index (χ0v) is 10.2. The van der Waals surface area contributed by atoms with Crippen LogP contribution in [0.2, 0.25) is 0 Å². The Labute approximate surface area is 109 Å². The number of nitrogens with one attached hydrogen (secondary N) is 1. The summed E-state index contributed by atoms with van der Waals surface area (Å²) in [5.74, 6) is -1.49. The Morgan fingerprint density at radius 2 is 2.32 bits per heavy atom. The topological polar surface area (TPSA) is 99.8 Å². The van der Waals surface area contributed by atoms with E-state index in [1.165, 1.54) is 11.2 Å². The largest absolute Gasteiger partial charge is 0.480 e. The number of aliphatic carboxylic acids is 1. The highest BCUT2D eigenvalue weighted by molar-refractivity contribution is 5.90. The molecule has 1 saturated heterocycles. The Balaban J connectivity index is 1.88. The molecule has 0 aromatic carbocycles. The minimum absolute atomic E-state index is 0.103. The summed E-state index contributed by atoms with van der Waals surface area (Å²) in [4.78, 5) is 35.3. The highest BCUT2D eigenvalue weighted by Gasteiger charge is 2.34. The van der Waals surface area contributed by atoms with Crippen molar-refractivity contribution in [2.75, 3.05) is 13.1 Å². The average Bonchev–Trinajstić information content (AvgIpc) is 2.98. The minimum atomic E-state index is -1.11. The lowest BCUT2D eigenvalue weighted by atomic mass is 10.1. The van der Waals surface area contributed by atoms with Gasteiger partial charge in [-0.3, -0.25) is 14.4 Å². The van der Waals surface area contributed by atoms with Gasteiger partial charge in [0, 0.05) is 13.0 Å². The zero-order chi connectivity index (χ0) is 13.8. The molecular weight excluding hydrogens is 252 g/mol. The van der Waals surface area contributed by atoms with Crippen LogP contribution in [0.4, 0.5) is 0 Å². The molecule has 1 atom stereocenters. The maximum Gasteiger partial charge on any atom is 0.322 e. The molecule has 1 unspecified atom stereocenters. The monoisotopic (exact) mass is 266 g/mol. The van der Waals surface area contributed by atoms with Crippen LogP contribution < -0.4 is 5.32 Å². The maximum absolute atomic E-state index is 11.7. The number of carboxylic acid groups (broad SMARTS) is 1. The first-order valence-corrected chi connectivity index (χ1v) is 5.86. The molecular formula is C12H14N2O5. The van der Waals surface area contributed by atoms with Gasteiger partial charge in [0.05, 0.1) is 18.7 Å². The number of nitrogens with zero attached hydrogens (tertiary/aromatic N) is 1. The van der Waals surface area contributed by atoms with Crippen LogP contribution in [0, 0.1) is 5.92 Å². The van der Waals surface area contributed by atoms with Gasteiger partial charge in [0.15, 0.2) is 0 Å². The molecule has 19 heavy (non-hydrogen) atoms. The summed E-state index contributed by atoms with van der Waals surface area (Å²) in [6, 6.07) is 3.48. The van der Waals surface area contributed by atoms with Gasteiger partial charge in [-0.1, -0.05) is 0 Å². The molecule has 2 N–H and O–H groups in total. The highest BCUT2D eigenvalue weighted by atomic mass is 16.4. The number of rotatable bonds is 5. The Kier molecular flexibility index (Phi) is 3.84. The molecule has 0 bridgehead atoms. The van der Waals surface area contributed by atoms with E-state index in [-0.39, 0.29) is 18.9 Å². The van der Waals surface area contributed by atoms with E-state index < -0.39 is 24.3 Å². The fourth-order valence-electron chi connectivity index (χ4n) is 2.00. The summed E-state index contributed by atoms with van der Waals surface area (Å²) in [6.07, 6.45) is 1.62. The van der Waals surface area contributed by atoms with Gasteiger partial charge in [-0.05, 0) is 12.1 Å². The first kappa shape index (κ1) is 13.1. The third kappa shape index (κ3) is 3.34. The van der Waals surface area contributed by atoms with E-state index >= 15 is 0 Å². The predicted molar refractivity (Wildman–Crippen MR) is 62.9 cm³/mol. The van der Waals surface area contributed by atoms with Crippen LogP contribution in [0.25, 0.3) is 0 Å². The molecule has 1 aliphatic rings. The van der Waals surface area contributed by atoms with Crippen LogP contribution in [0.1, 0.15) is 12.2 Å². The van der Waals surface area contributed by atoms with Crippen molar-refractivity contribution < 1.29 is 23.9 Å². The van der Waals surface area contributed by atoms with Crippen molar-refractivity contribution in [3.05, 3.63) is 24.2 Å². The van der Waals surface area contributed by atoms with E-state index in [4.69, 9.17) is 9.52 Å². The molecule has 2 rings (SSSR count). The second-order valence-electron chi connectivity index (χ2n) is 4.37. The quantitative estimate of drug-likeness (QED) is 0.770. The molecule has 1 aromatic heterocycles. The molecule has 102 valence electrons. The molecule has 0 saturated carbocycles. The zero-order valence-electron chi connectivity index (χ0n) is 10.2. The minimum Gasteiger partial charge on any atom is -0.480 e. The molecule has 2 heterocycles. The van der Waals surface area contributed by atoms with Crippen molar-refractivity contribution >= 4 is 17.8 Å². The number of carbonyl (C=O) groups excluding carboxylic acids is 2. The molecule has 7 nitrogen and oxygen atoms in total. The Hall–Kier alpha value is -2.31. The normalized spacial score (nSPS) is 18.6. The van der Waals surface area contributed by atoms with Crippen LogP contribution in [0.15, 0.2) is 22.8 Å². The number of furan rings is 1. The molecule has 1 aromatic rings. The summed E-state index contributed by atoms with van der Waals surface area (Å²) in [7, 11) is 0. The first-order valence-electron chi connectivity index (χ1n) is 5.86. The SMILES string of the molecule is O=C(O)CNC(=O)C1CC(=O)N(Cc2ccco2)C1. The number of likely N-dealkylation sites (tertiary alicyclic amines) is 1. The van der Waals surface area contributed by atoms with E-state index in [2.05, 4.69) is 5.32 Å². The molecule has 1 fully saturated rings. The van der Waals surface area contributed by atoms with Crippen molar-refractivity contribution in [3.8, 4) is 0 Å². The van der Waals surface area contributed by atoms with Crippen molar-refractivity contribution in [2.24, 2.45) is 5.92 Å². The van der Waals surface area contributed by atoms with E-state index in [0.29, 0.717) is 12.3 Å². The lowest BCUT2D eigenvalue weighted by Crippen LogP contribution is -2.35. The second-order valence-corrected chi connectivity index (χ2v) is 4.37. The Morgan fingerprint density at radius 3 is 2.95 bits per heavy atom. The highest BCUT2D eigenvalue weighted by Crippen LogP contribution is 2.20. The first-order chi connectivity index (χ1) is 9.06. The molecule has 0 radical (unpaired) electrons. The van der Waals surface area contributed by atoms with Crippen molar-refractivity contribution in [1.29, 1.82) is 0 Å². The third-order valence-corrected chi connectivity index (χ3v) is 2.93. The van der Waals surface area contributed by atoms with Crippen molar-refractivity contribution in [3.63, 3.8) is 0 Å². The summed E-state index contributed by atoms with van der Waals surface area (Å²) < 4.78 is 5.15. The second kappa shape index (κ2) is 5.55. The summed E-state index contributed by atoms with van der Waals surface area (Å²) >= 11 is 0. The summed E-state index contributed by atoms with van der Waals surface area (Å²) in [5, 5.41) is 10.8. The number of carboxylic acids is 1. The summed E-state index contributed by atoms with van der Waals surface area (Å²) in [6.45, 7) is 0.182. The predicted octanol–water partition coefficient (Wildman–Crippen LogP) is -0.171. The maximum atomic E-state index is 11.7. The van der Waals surface area contributed by atoms with Gasteiger partial charge < -0.3 is 19.7 Å². The van der Waals surface area contributed by atoms with E-state index in [1.54, 1.807) is 12.1 Å².